The van der Waals surface area contributed by atoms with Crippen LogP contribution in [0.25, 0.3) is 54.3 Å². The maximum atomic E-state index is 9.49. The summed E-state index contributed by atoms with van der Waals surface area (Å²) in [4.78, 5) is 15.0. The van der Waals surface area contributed by atoms with E-state index in [1.54, 1.807) is 11.3 Å². The highest BCUT2D eigenvalue weighted by Crippen LogP contribution is 2.60. The fourth-order valence-corrected chi connectivity index (χ4v) is 9.84. The van der Waals surface area contributed by atoms with E-state index in [2.05, 4.69) is 60.7 Å². The van der Waals surface area contributed by atoms with Crippen molar-refractivity contribution in [3.8, 4) is 40.2 Å². The fraction of sp³-hybridized carbons (Fsp3) is 0.263. The van der Waals surface area contributed by atoms with Crippen LogP contribution in [0.2, 0.25) is 0 Å². The zero-order chi connectivity index (χ0) is 28.5. The molecular formula is C38H30N4S. The molecule has 10 rings (SSSR count). The minimum Gasteiger partial charge on any atom is -0.208 e. The Morgan fingerprint density at radius 3 is 1.77 bits per heavy atom. The lowest BCUT2D eigenvalue weighted by Gasteiger charge is -2.57. The van der Waals surface area contributed by atoms with Gasteiger partial charge in [0.25, 0.3) is 0 Å². The van der Waals surface area contributed by atoms with E-state index < -0.39 is 0 Å². The third-order valence-electron chi connectivity index (χ3n) is 10.3. The first-order chi connectivity index (χ1) is 21.1. The highest BCUT2D eigenvalue weighted by Gasteiger charge is 2.51. The van der Waals surface area contributed by atoms with Gasteiger partial charge in [0, 0.05) is 36.9 Å². The van der Waals surface area contributed by atoms with Crippen molar-refractivity contribution in [3.05, 3.63) is 102 Å². The smallest absolute Gasteiger partial charge is 0.164 e. The summed E-state index contributed by atoms with van der Waals surface area (Å²) in [7, 11) is 0. The molecule has 6 aromatic rings. The molecule has 4 aromatic carbocycles. The van der Waals surface area contributed by atoms with Gasteiger partial charge in [0.15, 0.2) is 17.5 Å². The van der Waals surface area contributed by atoms with Crippen LogP contribution >= 0.6 is 11.3 Å². The van der Waals surface area contributed by atoms with Gasteiger partial charge in [0.05, 0.1) is 11.6 Å². The van der Waals surface area contributed by atoms with Gasteiger partial charge in [-0.3, -0.25) is 0 Å². The second-order valence-corrected chi connectivity index (χ2v) is 14.2. The Kier molecular flexibility index (Phi) is 5.58. The van der Waals surface area contributed by atoms with E-state index in [-0.39, 0.29) is 0 Å². The zero-order valence-electron chi connectivity index (χ0n) is 23.8. The monoisotopic (exact) mass is 574 g/mol. The maximum Gasteiger partial charge on any atom is 0.164 e. The molecule has 0 N–H and O–H groups in total. The van der Waals surface area contributed by atoms with Gasteiger partial charge in [0.1, 0.15) is 0 Å². The summed E-state index contributed by atoms with van der Waals surface area (Å²) in [6, 6.07) is 34.0. The Morgan fingerprint density at radius 1 is 0.605 bits per heavy atom. The number of hydrogen-bond acceptors (Lipinski definition) is 5. The van der Waals surface area contributed by atoms with E-state index in [0.717, 1.165) is 45.2 Å². The second-order valence-electron chi connectivity index (χ2n) is 13.1. The molecule has 4 nitrogen and oxygen atoms in total. The average Bonchev–Trinajstić information content (AvgIpc) is 3.41. The molecule has 4 bridgehead atoms. The summed E-state index contributed by atoms with van der Waals surface area (Å²) in [5.74, 6) is 4.81. The zero-order valence-corrected chi connectivity index (χ0v) is 24.6. The van der Waals surface area contributed by atoms with E-state index in [1.165, 1.54) is 53.5 Å². The van der Waals surface area contributed by atoms with E-state index in [4.69, 9.17) is 15.0 Å². The molecular weight excluding hydrogens is 545 g/mol. The molecule has 0 saturated heterocycles. The van der Waals surface area contributed by atoms with Crippen LogP contribution in [0.1, 0.15) is 49.7 Å². The summed E-state index contributed by atoms with van der Waals surface area (Å²) in [5, 5.41) is 11.7. The largest absolute Gasteiger partial charge is 0.208 e. The molecule has 4 aliphatic rings. The van der Waals surface area contributed by atoms with Gasteiger partial charge in [-0.1, -0.05) is 54.6 Å². The third-order valence-corrected chi connectivity index (χ3v) is 11.5. The van der Waals surface area contributed by atoms with E-state index in [9.17, 15) is 5.26 Å². The molecule has 0 spiro atoms. The normalized spacial score (nSPS) is 24.0. The third kappa shape index (κ3) is 4.19. The van der Waals surface area contributed by atoms with Crippen LogP contribution in [-0.4, -0.2) is 15.0 Å². The van der Waals surface area contributed by atoms with Gasteiger partial charge in [-0.2, -0.15) is 5.26 Å². The molecule has 4 aliphatic carbocycles. The molecule has 4 fully saturated rings. The lowest BCUT2D eigenvalue weighted by atomic mass is 9.48. The quantitative estimate of drug-likeness (QED) is 0.210. The van der Waals surface area contributed by atoms with Crippen molar-refractivity contribution in [1.29, 1.82) is 5.26 Å². The van der Waals surface area contributed by atoms with Gasteiger partial charge in [0.2, 0.25) is 0 Å². The van der Waals surface area contributed by atoms with Gasteiger partial charge in [-0.15, -0.1) is 11.3 Å². The molecule has 208 valence electrons. The van der Waals surface area contributed by atoms with Crippen LogP contribution < -0.4 is 0 Å². The number of rotatable bonds is 4. The summed E-state index contributed by atoms with van der Waals surface area (Å²) < 4.78 is 2.36. The van der Waals surface area contributed by atoms with Gasteiger partial charge in [-0.05, 0) is 104 Å². The van der Waals surface area contributed by atoms with Crippen molar-refractivity contribution in [3.63, 3.8) is 0 Å². The Bertz CT molecular complexity index is 2030. The number of benzene rings is 4. The maximum absolute atomic E-state index is 9.49. The van der Waals surface area contributed by atoms with Crippen LogP contribution in [0, 0.1) is 29.1 Å². The lowest BCUT2D eigenvalue weighted by molar-refractivity contribution is -0.00518. The molecule has 4 saturated carbocycles. The molecule has 0 atom stereocenters. The summed E-state index contributed by atoms with van der Waals surface area (Å²) >= 11 is 1.74. The predicted octanol–water partition coefficient (Wildman–Crippen LogP) is 9.58. The number of thiophene rings is 1. The fourth-order valence-electron chi connectivity index (χ4n) is 8.77. The van der Waals surface area contributed by atoms with Crippen LogP contribution in [0.15, 0.2) is 91.0 Å². The van der Waals surface area contributed by atoms with Crippen molar-refractivity contribution >= 4 is 31.5 Å². The Hall–Kier alpha value is -4.40. The van der Waals surface area contributed by atoms with E-state index in [1.807, 2.05) is 36.4 Å². The molecule has 2 aromatic heterocycles. The Balaban J connectivity index is 1.15. The molecule has 0 amide bonds. The van der Waals surface area contributed by atoms with Crippen molar-refractivity contribution in [2.24, 2.45) is 17.8 Å². The van der Waals surface area contributed by atoms with Crippen molar-refractivity contribution < 1.29 is 0 Å². The van der Waals surface area contributed by atoms with Crippen LogP contribution in [0.5, 0.6) is 0 Å². The van der Waals surface area contributed by atoms with E-state index in [0.29, 0.717) is 28.5 Å². The predicted molar refractivity (Wildman–Crippen MR) is 174 cm³/mol. The molecule has 0 unspecified atom stereocenters. The summed E-state index contributed by atoms with van der Waals surface area (Å²) in [5.41, 5.74) is 5.49. The number of aromatic nitrogens is 3. The number of nitrogens with zero attached hydrogens (tertiary/aromatic N) is 4. The van der Waals surface area contributed by atoms with Crippen LogP contribution in [0.3, 0.4) is 0 Å². The Morgan fingerprint density at radius 2 is 1.14 bits per heavy atom. The number of nitriles is 1. The SMILES string of the molecule is N#Cc1ccc2sc3ccc(-c4nc(-c5ccccc5)nc(-c5ccc(C67CC8CC(CC(C8)C6)C7)cc5)n4)cc3c2c1. The van der Waals surface area contributed by atoms with Crippen molar-refractivity contribution in [2.45, 2.75) is 43.9 Å². The van der Waals surface area contributed by atoms with Crippen molar-refractivity contribution in [1.82, 2.24) is 15.0 Å². The topological polar surface area (TPSA) is 62.5 Å². The van der Waals surface area contributed by atoms with Gasteiger partial charge >= 0.3 is 0 Å². The molecule has 0 aliphatic heterocycles. The second kappa shape index (κ2) is 9.56. The first-order valence-electron chi connectivity index (χ1n) is 15.4. The summed E-state index contributed by atoms with van der Waals surface area (Å²) in [6.07, 6.45) is 8.46. The first-order valence-corrected chi connectivity index (χ1v) is 16.2. The minimum atomic E-state index is 0.372. The van der Waals surface area contributed by atoms with E-state index >= 15 is 0 Å². The highest BCUT2D eigenvalue weighted by atomic mass is 32.1. The number of fused-ring (bicyclic) bond motifs is 3. The van der Waals surface area contributed by atoms with Gasteiger partial charge in [-0.25, -0.2) is 15.0 Å². The number of hydrogen-bond donors (Lipinski definition) is 0. The molecule has 0 radical (unpaired) electrons. The first kappa shape index (κ1) is 25.1. The van der Waals surface area contributed by atoms with Gasteiger partial charge < -0.3 is 0 Å². The molecule has 43 heavy (non-hydrogen) atoms. The minimum absolute atomic E-state index is 0.372. The average molecular weight is 575 g/mol. The summed E-state index contributed by atoms with van der Waals surface area (Å²) in [6.45, 7) is 0. The molecule has 2 heterocycles. The lowest BCUT2D eigenvalue weighted by Crippen LogP contribution is -2.48. The van der Waals surface area contributed by atoms with Crippen molar-refractivity contribution in [2.75, 3.05) is 0 Å². The Labute approximate surface area is 255 Å². The highest BCUT2D eigenvalue weighted by molar-refractivity contribution is 7.25. The van der Waals surface area contributed by atoms with Crippen LogP contribution in [-0.2, 0) is 5.41 Å². The molecule has 5 heteroatoms. The standard InChI is InChI=1S/C38H30N4S/c39-22-23-6-12-33-31(17-23)32-18-29(9-13-34(32)43-33)37-41-35(27-4-2-1-3-5-27)40-36(42-37)28-7-10-30(11-8-28)38-19-24-14-25(20-38)16-26(15-24)21-38/h1-13,17-18,24-26H,14-16,19-21H2. The van der Waals surface area contributed by atoms with Crippen LogP contribution in [0.4, 0.5) is 0 Å².